The first-order valence-corrected chi connectivity index (χ1v) is 9.31. The van der Waals surface area contributed by atoms with E-state index in [9.17, 15) is 19.7 Å². The van der Waals surface area contributed by atoms with Crippen molar-refractivity contribution >= 4 is 28.9 Å². The van der Waals surface area contributed by atoms with E-state index < -0.39 is 16.2 Å². The normalized spacial score (nSPS) is 14.5. The molecule has 152 valence electrons. The summed E-state index contributed by atoms with van der Waals surface area (Å²) >= 11 is 0. The predicted octanol–water partition coefficient (Wildman–Crippen LogP) is 3.89. The molecule has 0 saturated heterocycles. The summed E-state index contributed by atoms with van der Waals surface area (Å²) in [5.41, 5.74) is 0.497. The molecule has 2 amide bonds. The third-order valence-electron chi connectivity index (χ3n) is 5.10. The smallest absolute Gasteiger partial charge is 0.294 e. The number of carbonyl (C=O) groups is 2. The quantitative estimate of drug-likeness (QED) is 0.588. The number of carbonyl (C=O) groups excluding carboxylic acids is 2. The Hall–Kier alpha value is -3.42. The van der Waals surface area contributed by atoms with E-state index in [1.54, 1.807) is 49.1 Å². The summed E-state index contributed by atoms with van der Waals surface area (Å²) in [7, 11) is 1.52. The average molecular weight is 397 g/mol. The lowest BCUT2D eigenvalue weighted by atomic mass is 9.85. The number of nitro groups is 1. The maximum atomic E-state index is 12.8. The molecule has 0 aromatic heterocycles. The first-order valence-electron chi connectivity index (χ1n) is 9.31. The van der Waals surface area contributed by atoms with E-state index in [-0.39, 0.29) is 17.3 Å². The summed E-state index contributed by atoms with van der Waals surface area (Å²) in [5.74, 6) is 0.00636. The Morgan fingerprint density at radius 3 is 2.45 bits per heavy atom. The predicted molar refractivity (Wildman–Crippen MR) is 110 cm³/mol. The number of fused-ring (bicyclic) bond motifs is 1. The van der Waals surface area contributed by atoms with E-state index in [0.29, 0.717) is 29.1 Å². The number of nitrogens with one attached hydrogen (secondary N) is 1. The lowest BCUT2D eigenvalue weighted by molar-refractivity contribution is -0.383. The van der Waals surface area contributed by atoms with E-state index in [1.807, 2.05) is 6.92 Å². The monoisotopic (exact) mass is 397 g/mol. The van der Waals surface area contributed by atoms with Gasteiger partial charge in [-0.05, 0) is 56.2 Å². The molecule has 0 saturated carbocycles. The maximum absolute atomic E-state index is 12.8. The van der Waals surface area contributed by atoms with Gasteiger partial charge in [-0.2, -0.15) is 0 Å². The van der Waals surface area contributed by atoms with Crippen LogP contribution in [-0.4, -0.2) is 30.4 Å². The van der Waals surface area contributed by atoms with Gasteiger partial charge < -0.3 is 15.0 Å². The zero-order valence-corrected chi connectivity index (χ0v) is 16.8. The van der Waals surface area contributed by atoms with Crippen molar-refractivity contribution in [2.45, 2.75) is 32.6 Å². The number of benzene rings is 2. The SMILES string of the molecule is CCCN1C(=O)C(C)(C)c2cc(NC(=O)c3ccc(OC)cc3)c([N+](=O)[O-])cc21. The summed E-state index contributed by atoms with van der Waals surface area (Å²) in [6.07, 6.45) is 0.727. The van der Waals surface area contributed by atoms with Gasteiger partial charge in [-0.3, -0.25) is 19.7 Å². The number of amides is 2. The molecule has 3 rings (SSSR count). The molecule has 0 aliphatic carbocycles. The number of hydrogen-bond donors (Lipinski definition) is 1. The molecule has 1 heterocycles. The van der Waals surface area contributed by atoms with Crippen LogP contribution in [0.4, 0.5) is 17.1 Å². The van der Waals surface area contributed by atoms with Crippen molar-refractivity contribution in [3.05, 3.63) is 57.6 Å². The van der Waals surface area contributed by atoms with Gasteiger partial charge in [-0.25, -0.2) is 0 Å². The van der Waals surface area contributed by atoms with Gasteiger partial charge in [0.1, 0.15) is 11.4 Å². The van der Waals surface area contributed by atoms with Gasteiger partial charge in [-0.15, -0.1) is 0 Å². The Kier molecular flexibility index (Phi) is 5.28. The zero-order valence-electron chi connectivity index (χ0n) is 16.8. The van der Waals surface area contributed by atoms with Gasteiger partial charge in [0.2, 0.25) is 5.91 Å². The maximum Gasteiger partial charge on any atom is 0.294 e. The fraction of sp³-hybridized carbons (Fsp3) is 0.333. The van der Waals surface area contributed by atoms with Crippen LogP contribution in [0.3, 0.4) is 0 Å². The zero-order chi connectivity index (χ0) is 21.3. The molecule has 0 spiro atoms. The van der Waals surface area contributed by atoms with Crippen molar-refractivity contribution in [3.63, 3.8) is 0 Å². The van der Waals surface area contributed by atoms with Crippen LogP contribution in [0.2, 0.25) is 0 Å². The molecule has 2 aromatic rings. The van der Waals surface area contributed by atoms with Crippen LogP contribution in [0.5, 0.6) is 5.75 Å². The molecule has 29 heavy (non-hydrogen) atoms. The van der Waals surface area contributed by atoms with Gasteiger partial charge in [0.05, 0.1) is 23.1 Å². The highest BCUT2D eigenvalue weighted by atomic mass is 16.6. The Labute approximate surface area is 168 Å². The molecule has 2 aromatic carbocycles. The Bertz CT molecular complexity index is 983. The lowest BCUT2D eigenvalue weighted by Gasteiger charge is -2.19. The van der Waals surface area contributed by atoms with Crippen LogP contribution in [-0.2, 0) is 10.2 Å². The molecule has 0 unspecified atom stereocenters. The topological polar surface area (TPSA) is 102 Å². The second kappa shape index (κ2) is 7.54. The highest BCUT2D eigenvalue weighted by Gasteiger charge is 2.45. The van der Waals surface area contributed by atoms with Crippen LogP contribution in [0.1, 0.15) is 43.1 Å². The minimum absolute atomic E-state index is 0.0637. The van der Waals surface area contributed by atoms with E-state index >= 15 is 0 Å². The van der Waals surface area contributed by atoms with E-state index in [2.05, 4.69) is 5.32 Å². The Morgan fingerprint density at radius 2 is 1.90 bits per heavy atom. The largest absolute Gasteiger partial charge is 0.497 e. The Morgan fingerprint density at radius 1 is 1.24 bits per heavy atom. The number of nitro benzene ring substituents is 1. The molecule has 1 N–H and O–H groups in total. The number of hydrogen-bond acceptors (Lipinski definition) is 5. The molecule has 0 atom stereocenters. The van der Waals surface area contributed by atoms with E-state index in [1.165, 1.54) is 13.2 Å². The third-order valence-corrected chi connectivity index (χ3v) is 5.10. The standard InChI is InChI=1S/C21H23N3O5/c1-5-10-23-17-12-18(24(27)28)16(11-15(17)21(2,3)20(23)26)22-19(25)13-6-8-14(29-4)9-7-13/h6-9,11-12H,5,10H2,1-4H3,(H,22,25). The lowest BCUT2D eigenvalue weighted by Crippen LogP contribution is -2.36. The van der Waals surface area contributed by atoms with Crippen molar-refractivity contribution in [1.29, 1.82) is 0 Å². The van der Waals surface area contributed by atoms with Crippen molar-refractivity contribution in [2.75, 3.05) is 23.9 Å². The van der Waals surface area contributed by atoms with Gasteiger partial charge >= 0.3 is 0 Å². The van der Waals surface area contributed by atoms with Crippen molar-refractivity contribution in [2.24, 2.45) is 0 Å². The molecule has 1 aliphatic heterocycles. The van der Waals surface area contributed by atoms with Gasteiger partial charge in [0.25, 0.3) is 11.6 Å². The Balaban J connectivity index is 2.03. The molecule has 8 heteroatoms. The fourth-order valence-corrected chi connectivity index (χ4v) is 3.50. The van der Waals surface area contributed by atoms with Crippen molar-refractivity contribution < 1.29 is 19.2 Å². The van der Waals surface area contributed by atoms with Gasteiger partial charge in [-0.1, -0.05) is 6.92 Å². The van der Waals surface area contributed by atoms with Crippen LogP contribution >= 0.6 is 0 Å². The molecule has 0 bridgehead atoms. The summed E-state index contributed by atoms with van der Waals surface area (Å²) in [6.45, 7) is 5.98. The highest BCUT2D eigenvalue weighted by Crippen LogP contribution is 2.46. The second-order valence-electron chi connectivity index (χ2n) is 7.41. The first kappa shape index (κ1) is 20.3. The molecule has 0 fully saturated rings. The summed E-state index contributed by atoms with van der Waals surface area (Å²) in [6, 6.07) is 9.34. The molecular weight excluding hydrogens is 374 g/mol. The van der Waals surface area contributed by atoms with Gasteiger partial charge in [0, 0.05) is 18.2 Å². The summed E-state index contributed by atoms with van der Waals surface area (Å²) in [5, 5.41) is 14.3. The van der Waals surface area contributed by atoms with Crippen LogP contribution in [0.15, 0.2) is 36.4 Å². The second-order valence-corrected chi connectivity index (χ2v) is 7.41. The number of rotatable bonds is 6. The first-order chi connectivity index (χ1) is 13.7. The van der Waals surface area contributed by atoms with Gasteiger partial charge in [0.15, 0.2) is 0 Å². The summed E-state index contributed by atoms with van der Waals surface area (Å²) in [4.78, 5) is 38.2. The number of nitrogens with zero attached hydrogens (tertiary/aromatic N) is 2. The molecule has 8 nitrogen and oxygen atoms in total. The highest BCUT2D eigenvalue weighted by molar-refractivity contribution is 6.10. The minimum Gasteiger partial charge on any atom is -0.497 e. The molecular formula is C21H23N3O5. The average Bonchev–Trinajstić information content (AvgIpc) is 2.88. The third kappa shape index (κ3) is 3.53. The van der Waals surface area contributed by atoms with Crippen LogP contribution < -0.4 is 15.0 Å². The summed E-state index contributed by atoms with van der Waals surface area (Å²) < 4.78 is 5.07. The van der Waals surface area contributed by atoms with E-state index in [4.69, 9.17) is 4.74 Å². The van der Waals surface area contributed by atoms with Crippen LogP contribution in [0, 0.1) is 10.1 Å². The van der Waals surface area contributed by atoms with Crippen molar-refractivity contribution in [3.8, 4) is 5.75 Å². The van der Waals surface area contributed by atoms with E-state index in [0.717, 1.165) is 6.42 Å². The molecule has 0 radical (unpaired) electrons. The fourth-order valence-electron chi connectivity index (χ4n) is 3.50. The molecule has 1 aliphatic rings. The number of anilines is 2. The number of methoxy groups -OCH3 is 1. The van der Waals surface area contributed by atoms with Crippen molar-refractivity contribution in [1.82, 2.24) is 0 Å². The van der Waals surface area contributed by atoms with Crippen LogP contribution in [0.25, 0.3) is 0 Å². The minimum atomic E-state index is -0.834. The number of ether oxygens (including phenoxy) is 1.